The molecule has 0 aliphatic carbocycles. The van der Waals surface area contributed by atoms with Crippen molar-refractivity contribution >= 4 is 29.1 Å². The molecule has 3 rings (SSSR count). The molecule has 0 bridgehead atoms. The number of benzene rings is 2. The Morgan fingerprint density at radius 1 is 1.04 bits per heavy atom. The van der Waals surface area contributed by atoms with Gasteiger partial charge in [-0.25, -0.2) is 4.39 Å². The lowest BCUT2D eigenvalue weighted by molar-refractivity contribution is 0.0950. The van der Waals surface area contributed by atoms with E-state index in [0.717, 1.165) is 31.3 Å². The third-order valence-electron chi connectivity index (χ3n) is 4.34. The molecule has 1 amide bonds. The Labute approximate surface area is 156 Å². The molecule has 0 saturated carbocycles. The number of halogens is 3. The van der Waals surface area contributed by atoms with Crippen LogP contribution in [0.25, 0.3) is 0 Å². The third-order valence-corrected chi connectivity index (χ3v) is 4.94. The second-order valence-electron chi connectivity index (χ2n) is 6.23. The first-order chi connectivity index (χ1) is 12.0. The number of rotatable bonds is 5. The van der Waals surface area contributed by atoms with Gasteiger partial charge in [-0.1, -0.05) is 47.5 Å². The Kier molecular flexibility index (Phi) is 5.94. The predicted molar refractivity (Wildman–Crippen MR) is 98.5 cm³/mol. The van der Waals surface area contributed by atoms with Gasteiger partial charge < -0.3 is 5.32 Å². The number of hydrogen-bond acceptors (Lipinski definition) is 2. The minimum atomic E-state index is -0.664. The van der Waals surface area contributed by atoms with Crippen molar-refractivity contribution < 1.29 is 9.18 Å². The van der Waals surface area contributed by atoms with E-state index >= 15 is 0 Å². The Morgan fingerprint density at radius 3 is 2.36 bits per heavy atom. The van der Waals surface area contributed by atoms with Crippen molar-refractivity contribution in [3.05, 3.63) is 69.0 Å². The van der Waals surface area contributed by atoms with Crippen molar-refractivity contribution in [3.8, 4) is 0 Å². The lowest BCUT2D eigenvalue weighted by atomic mass is 10.1. The largest absolute Gasteiger partial charge is 0.348 e. The smallest absolute Gasteiger partial charge is 0.253 e. The maximum Gasteiger partial charge on any atom is 0.253 e. The summed E-state index contributed by atoms with van der Waals surface area (Å²) >= 11 is 11.6. The predicted octanol–water partition coefficient (Wildman–Crippen LogP) is 4.66. The van der Waals surface area contributed by atoms with Crippen LogP contribution in [-0.4, -0.2) is 23.9 Å². The quantitative estimate of drug-likeness (QED) is 0.765. The van der Waals surface area contributed by atoms with Gasteiger partial charge in [0.2, 0.25) is 0 Å². The van der Waals surface area contributed by atoms with Gasteiger partial charge in [-0.15, -0.1) is 0 Å². The summed E-state index contributed by atoms with van der Waals surface area (Å²) in [5.41, 5.74) is 2.32. The molecule has 132 valence electrons. The number of carbonyl (C=O) groups excluding carboxylic acids is 1. The van der Waals surface area contributed by atoms with E-state index in [4.69, 9.17) is 23.2 Å². The van der Waals surface area contributed by atoms with Gasteiger partial charge in [-0.3, -0.25) is 9.69 Å². The molecule has 25 heavy (non-hydrogen) atoms. The van der Waals surface area contributed by atoms with Crippen molar-refractivity contribution in [2.75, 3.05) is 13.1 Å². The van der Waals surface area contributed by atoms with Crippen molar-refractivity contribution in [1.82, 2.24) is 10.2 Å². The molecule has 0 aromatic heterocycles. The van der Waals surface area contributed by atoms with Crippen LogP contribution in [0.5, 0.6) is 0 Å². The lowest BCUT2D eigenvalue weighted by Gasteiger charge is -2.14. The van der Waals surface area contributed by atoms with Crippen LogP contribution in [0.15, 0.2) is 36.4 Å². The summed E-state index contributed by atoms with van der Waals surface area (Å²) in [6.07, 6.45) is 2.55. The SMILES string of the molecule is O=C(NCc1ccc(CN2CCCC2)cc1)c1cc(F)c(Cl)cc1Cl. The van der Waals surface area contributed by atoms with Gasteiger partial charge in [0.1, 0.15) is 5.82 Å². The molecule has 1 N–H and O–H groups in total. The number of amides is 1. The van der Waals surface area contributed by atoms with Gasteiger partial charge in [-0.2, -0.15) is 0 Å². The molecule has 6 heteroatoms. The molecule has 2 aromatic carbocycles. The second kappa shape index (κ2) is 8.17. The molecule has 3 nitrogen and oxygen atoms in total. The maximum absolute atomic E-state index is 13.5. The maximum atomic E-state index is 13.5. The highest BCUT2D eigenvalue weighted by Gasteiger charge is 2.14. The fraction of sp³-hybridized carbons (Fsp3) is 0.316. The minimum Gasteiger partial charge on any atom is -0.348 e. The summed E-state index contributed by atoms with van der Waals surface area (Å²) in [5.74, 6) is -1.09. The fourth-order valence-corrected chi connectivity index (χ4v) is 3.40. The molecule has 1 saturated heterocycles. The molecular formula is C19H19Cl2FN2O. The zero-order valence-electron chi connectivity index (χ0n) is 13.7. The molecule has 1 aliphatic rings. The molecule has 2 aromatic rings. The van der Waals surface area contributed by atoms with Crippen LogP contribution in [0.2, 0.25) is 10.0 Å². The summed E-state index contributed by atoms with van der Waals surface area (Å²) in [4.78, 5) is 14.6. The van der Waals surface area contributed by atoms with E-state index in [1.54, 1.807) is 0 Å². The molecular weight excluding hydrogens is 362 g/mol. The third kappa shape index (κ3) is 4.72. The lowest BCUT2D eigenvalue weighted by Crippen LogP contribution is -2.23. The highest BCUT2D eigenvalue weighted by Crippen LogP contribution is 2.24. The number of likely N-dealkylation sites (tertiary alicyclic amines) is 1. The minimum absolute atomic E-state index is 0.0780. The summed E-state index contributed by atoms with van der Waals surface area (Å²) in [5, 5.41) is 2.78. The summed E-state index contributed by atoms with van der Waals surface area (Å²) in [6.45, 7) is 3.64. The van der Waals surface area contributed by atoms with Crippen LogP contribution < -0.4 is 5.32 Å². The van der Waals surface area contributed by atoms with E-state index in [-0.39, 0.29) is 15.6 Å². The zero-order valence-corrected chi connectivity index (χ0v) is 15.2. The van der Waals surface area contributed by atoms with Crippen molar-refractivity contribution in [2.45, 2.75) is 25.9 Å². The van der Waals surface area contributed by atoms with Crippen LogP contribution in [-0.2, 0) is 13.1 Å². The first kappa shape index (κ1) is 18.2. The van der Waals surface area contributed by atoms with Gasteiger partial charge in [0.15, 0.2) is 0 Å². The average Bonchev–Trinajstić information content (AvgIpc) is 3.10. The van der Waals surface area contributed by atoms with Crippen LogP contribution in [0.3, 0.4) is 0 Å². The zero-order chi connectivity index (χ0) is 17.8. The van der Waals surface area contributed by atoms with Gasteiger partial charge >= 0.3 is 0 Å². The van der Waals surface area contributed by atoms with Crippen LogP contribution in [0, 0.1) is 5.82 Å². The number of carbonyl (C=O) groups is 1. The molecule has 0 radical (unpaired) electrons. The Morgan fingerprint density at radius 2 is 1.68 bits per heavy atom. The Bertz CT molecular complexity index is 759. The van der Waals surface area contributed by atoms with E-state index in [1.807, 2.05) is 12.1 Å². The Balaban J connectivity index is 1.57. The molecule has 1 heterocycles. The highest BCUT2D eigenvalue weighted by molar-refractivity contribution is 6.36. The van der Waals surface area contributed by atoms with Gasteiger partial charge in [0, 0.05) is 13.1 Å². The van der Waals surface area contributed by atoms with Crippen molar-refractivity contribution in [1.29, 1.82) is 0 Å². The van der Waals surface area contributed by atoms with Gasteiger partial charge in [0.05, 0.1) is 15.6 Å². The second-order valence-corrected chi connectivity index (χ2v) is 7.04. The highest BCUT2D eigenvalue weighted by atomic mass is 35.5. The number of hydrogen-bond donors (Lipinski definition) is 1. The average molecular weight is 381 g/mol. The molecule has 1 aliphatic heterocycles. The molecule has 0 unspecified atom stereocenters. The van der Waals surface area contributed by atoms with E-state index in [0.29, 0.717) is 6.54 Å². The van der Waals surface area contributed by atoms with Crippen molar-refractivity contribution in [2.24, 2.45) is 0 Å². The van der Waals surface area contributed by atoms with Crippen LogP contribution in [0.1, 0.15) is 34.3 Å². The standard InChI is InChI=1S/C19H19Cl2FN2O/c20-16-10-17(21)18(22)9-15(16)19(25)23-11-13-3-5-14(6-4-13)12-24-7-1-2-8-24/h3-6,9-10H,1-2,7-8,11-12H2,(H,23,25). The first-order valence-corrected chi connectivity index (χ1v) is 9.01. The summed E-state index contributed by atoms with van der Waals surface area (Å²) < 4.78 is 13.5. The van der Waals surface area contributed by atoms with Crippen LogP contribution in [0.4, 0.5) is 4.39 Å². The van der Waals surface area contributed by atoms with Gasteiger partial charge in [0.25, 0.3) is 5.91 Å². The summed E-state index contributed by atoms with van der Waals surface area (Å²) in [7, 11) is 0. The molecule has 0 atom stereocenters. The molecule has 1 fully saturated rings. The fourth-order valence-electron chi connectivity index (χ4n) is 2.94. The topological polar surface area (TPSA) is 32.3 Å². The van der Waals surface area contributed by atoms with Crippen LogP contribution >= 0.6 is 23.2 Å². The monoisotopic (exact) mass is 380 g/mol. The molecule has 0 spiro atoms. The first-order valence-electron chi connectivity index (χ1n) is 8.26. The number of nitrogens with zero attached hydrogens (tertiary/aromatic N) is 1. The van der Waals surface area contributed by atoms with E-state index in [2.05, 4.69) is 22.3 Å². The Hall–Kier alpha value is -1.62. The van der Waals surface area contributed by atoms with Crippen molar-refractivity contribution in [3.63, 3.8) is 0 Å². The number of nitrogens with one attached hydrogen (secondary N) is 1. The van der Waals surface area contributed by atoms with E-state index in [1.165, 1.54) is 24.5 Å². The van der Waals surface area contributed by atoms with Gasteiger partial charge in [-0.05, 0) is 49.2 Å². The summed E-state index contributed by atoms with van der Waals surface area (Å²) in [6, 6.07) is 10.4. The van der Waals surface area contributed by atoms with E-state index < -0.39 is 11.7 Å². The normalized spacial score (nSPS) is 14.7. The van der Waals surface area contributed by atoms with E-state index in [9.17, 15) is 9.18 Å².